The van der Waals surface area contributed by atoms with Crippen LogP contribution in [0, 0.1) is 0 Å². The van der Waals surface area contributed by atoms with Crippen LogP contribution in [0.4, 0.5) is 0 Å². The fourth-order valence-corrected chi connectivity index (χ4v) is 1.39. The van der Waals surface area contributed by atoms with Gasteiger partial charge >= 0.3 is 0 Å². The maximum Gasteiger partial charge on any atom is 0.190 e. The monoisotopic (exact) mass is 163 g/mol. The summed E-state index contributed by atoms with van der Waals surface area (Å²) in [4.78, 5) is 13.1. The summed E-state index contributed by atoms with van der Waals surface area (Å²) in [6, 6.07) is 0. The lowest BCUT2D eigenvalue weighted by molar-refractivity contribution is 1.17. The third-order valence-corrected chi connectivity index (χ3v) is 2.05. The first-order valence-electron chi connectivity index (χ1n) is 3.02. The molecule has 2 heterocycles. The van der Waals surface area contributed by atoms with E-state index in [2.05, 4.69) is 28.1 Å². The fourth-order valence-electron chi connectivity index (χ4n) is 0.767. The molecule has 0 amide bonds. The summed E-state index contributed by atoms with van der Waals surface area (Å²) in [5.41, 5.74) is 2.37. The van der Waals surface area contributed by atoms with Crippen molar-refractivity contribution < 1.29 is 0 Å². The first kappa shape index (κ1) is 6.42. The third kappa shape index (κ3) is 0.914. The lowest BCUT2D eigenvalue weighted by Crippen LogP contribution is -2.28. The van der Waals surface area contributed by atoms with E-state index in [0.29, 0.717) is 16.3 Å². The molecule has 0 bridgehead atoms. The Morgan fingerprint density at radius 1 is 1.18 bits per heavy atom. The second kappa shape index (κ2) is 2.10. The molecule has 0 aliphatic rings. The molecular formula is C7H5N3S. The highest BCUT2D eigenvalue weighted by Gasteiger charge is 1.96. The molecule has 0 aromatic carbocycles. The van der Waals surface area contributed by atoms with Gasteiger partial charge < -0.3 is 0 Å². The highest BCUT2D eigenvalue weighted by atomic mass is 32.1. The second-order valence-corrected chi connectivity index (χ2v) is 2.93. The molecule has 0 N–H and O–H groups in total. The Balaban J connectivity index is 3.09. The molecule has 0 saturated heterocycles. The van der Waals surface area contributed by atoms with Crippen molar-refractivity contribution >= 4 is 35.0 Å². The minimum Gasteiger partial charge on any atom is -0.232 e. The number of aromatic nitrogens is 3. The van der Waals surface area contributed by atoms with Crippen molar-refractivity contribution in [2.75, 3.05) is 0 Å². The van der Waals surface area contributed by atoms with Crippen molar-refractivity contribution in [2.24, 2.45) is 0 Å². The molecule has 0 fully saturated rings. The molecule has 0 aliphatic heterocycles. The van der Waals surface area contributed by atoms with Gasteiger partial charge in [-0.1, -0.05) is 13.2 Å². The Morgan fingerprint density at radius 3 is 2.73 bits per heavy atom. The van der Waals surface area contributed by atoms with E-state index in [1.807, 2.05) is 0 Å². The average Bonchev–Trinajstić information content (AvgIpc) is 2.36. The van der Waals surface area contributed by atoms with Crippen LogP contribution in [0.5, 0.6) is 0 Å². The first-order chi connectivity index (χ1) is 5.27. The highest BCUT2D eigenvalue weighted by Crippen LogP contribution is 2.07. The number of hydrogen-bond acceptors (Lipinski definition) is 4. The molecule has 0 atom stereocenters. The number of thiazole rings is 1. The third-order valence-electron chi connectivity index (χ3n) is 1.34. The van der Waals surface area contributed by atoms with E-state index in [4.69, 9.17) is 0 Å². The summed E-state index contributed by atoms with van der Waals surface area (Å²) in [6.07, 6.45) is 0. The highest BCUT2D eigenvalue weighted by molar-refractivity contribution is 7.16. The van der Waals surface area contributed by atoms with Gasteiger partial charge in [-0.05, 0) is 0 Å². The van der Waals surface area contributed by atoms with Gasteiger partial charge in [0.25, 0.3) is 0 Å². The van der Waals surface area contributed by atoms with Crippen molar-refractivity contribution in [3.8, 4) is 0 Å². The predicted molar refractivity (Wildman–Crippen MR) is 45.5 cm³/mol. The van der Waals surface area contributed by atoms with E-state index in [9.17, 15) is 0 Å². The lowest BCUT2D eigenvalue weighted by atomic mass is 10.5. The quantitative estimate of drug-likeness (QED) is 0.544. The molecule has 0 unspecified atom stereocenters. The topological polar surface area (TPSA) is 38.7 Å². The summed E-state index contributed by atoms with van der Waals surface area (Å²) in [5, 5.41) is 1.23. The van der Waals surface area contributed by atoms with Gasteiger partial charge in [0.2, 0.25) is 0 Å². The van der Waals surface area contributed by atoms with Gasteiger partial charge in [0.1, 0.15) is 0 Å². The van der Waals surface area contributed by atoms with Gasteiger partial charge in [-0.3, -0.25) is 0 Å². The first-order valence-corrected chi connectivity index (χ1v) is 3.90. The molecule has 54 valence electrons. The van der Waals surface area contributed by atoms with Crippen LogP contribution in [0.15, 0.2) is 5.51 Å². The van der Waals surface area contributed by atoms with Crippen molar-refractivity contribution in [3.05, 3.63) is 16.2 Å². The minimum absolute atomic E-state index is 0.600. The molecule has 0 spiro atoms. The van der Waals surface area contributed by atoms with E-state index >= 15 is 0 Å². The Labute approximate surface area is 66.8 Å². The Morgan fingerprint density at radius 2 is 1.91 bits per heavy atom. The molecule has 0 radical (unpaired) electrons. The standard InChI is InChI=1S/C7H5N3S/c1-4-5(2)10-7-6(9-4)8-3-11-7/h3H,1-2H2. The van der Waals surface area contributed by atoms with Gasteiger partial charge in [0.15, 0.2) is 10.5 Å². The zero-order valence-electron chi connectivity index (χ0n) is 5.74. The maximum atomic E-state index is 4.16. The lowest BCUT2D eigenvalue weighted by Gasteiger charge is -1.85. The number of rotatable bonds is 0. The second-order valence-electron chi connectivity index (χ2n) is 2.10. The Kier molecular flexibility index (Phi) is 1.22. The molecular weight excluding hydrogens is 158 g/mol. The van der Waals surface area contributed by atoms with Crippen molar-refractivity contribution in [3.63, 3.8) is 0 Å². The summed E-state index contributed by atoms with van der Waals surface area (Å²) in [6.45, 7) is 7.37. The summed E-state index contributed by atoms with van der Waals surface area (Å²) in [7, 11) is 0. The zero-order valence-corrected chi connectivity index (χ0v) is 6.56. The van der Waals surface area contributed by atoms with Crippen LogP contribution in [0.2, 0.25) is 0 Å². The summed E-state index contributed by atoms with van der Waals surface area (Å²) < 4.78 is 0. The summed E-state index contributed by atoms with van der Waals surface area (Å²) >= 11 is 1.46. The SMILES string of the molecule is C=c1nc2ncsc2nc1=C. The van der Waals surface area contributed by atoms with Crippen LogP contribution in [0.25, 0.3) is 23.6 Å². The minimum atomic E-state index is 0.600. The summed E-state index contributed by atoms with van der Waals surface area (Å²) in [5.74, 6) is 0. The van der Waals surface area contributed by atoms with E-state index in [1.54, 1.807) is 5.51 Å². The largest absolute Gasteiger partial charge is 0.232 e. The van der Waals surface area contributed by atoms with E-state index < -0.39 is 0 Å². The van der Waals surface area contributed by atoms with Crippen molar-refractivity contribution in [1.29, 1.82) is 0 Å². The Hall–Kier alpha value is -1.29. The van der Waals surface area contributed by atoms with Crippen LogP contribution < -0.4 is 10.7 Å². The molecule has 4 heteroatoms. The molecule has 2 rings (SSSR count). The van der Waals surface area contributed by atoms with Gasteiger partial charge in [0.05, 0.1) is 16.2 Å². The van der Waals surface area contributed by atoms with Crippen LogP contribution in [0.1, 0.15) is 0 Å². The molecule has 2 aromatic rings. The van der Waals surface area contributed by atoms with Crippen LogP contribution >= 0.6 is 11.3 Å². The smallest absolute Gasteiger partial charge is 0.190 e. The van der Waals surface area contributed by atoms with Crippen molar-refractivity contribution in [2.45, 2.75) is 0 Å². The predicted octanol–water partition coefficient (Wildman–Crippen LogP) is -0.0931. The van der Waals surface area contributed by atoms with Gasteiger partial charge in [-0.2, -0.15) is 0 Å². The molecule has 11 heavy (non-hydrogen) atoms. The maximum absolute atomic E-state index is 4.16. The van der Waals surface area contributed by atoms with Gasteiger partial charge in [0, 0.05) is 0 Å². The number of fused-ring (bicyclic) bond motifs is 1. The van der Waals surface area contributed by atoms with E-state index in [1.165, 1.54) is 11.3 Å². The van der Waals surface area contributed by atoms with E-state index in [0.717, 1.165) is 4.83 Å². The van der Waals surface area contributed by atoms with Crippen LogP contribution in [-0.4, -0.2) is 15.0 Å². The molecule has 0 saturated carbocycles. The van der Waals surface area contributed by atoms with Gasteiger partial charge in [-0.15, -0.1) is 11.3 Å². The number of nitrogens with zero attached hydrogens (tertiary/aromatic N) is 3. The van der Waals surface area contributed by atoms with Crippen LogP contribution in [0.3, 0.4) is 0 Å². The molecule has 0 aliphatic carbocycles. The number of hydrogen-bond donors (Lipinski definition) is 0. The Bertz CT molecular complexity index is 444. The van der Waals surface area contributed by atoms with Crippen molar-refractivity contribution in [1.82, 2.24) is 15.0 Å². The molecule has 3 nitrogen and oxygen atoms in total. The molecule has 2 aromatic heterocycles. The normalized spacial score (nSPS) is 10.5. The zero-order chi connectivity index (χ0) is 7.84. The average molecular weight is 163 g/mol. The van der Waals surface area contributed by atoms with Gasteiger partial charge in [-0.25, -0.2) is 15.0 Å². The van der Waals surface area contributed by atoms with E-state index in [-0.39, 0.29) is 0 Å². The fraction of sp³-hybridized carbons (Fsp3) is 0. The van der Waals surface area contributed by atoms with Crippen LogP contribution in [-0.2, 0) is 0 Å².